The van der Waals surface area contributed by atoms with E-state index in [1.807, 2.05) is 59.7 Å². The molecule has 0 N–H and O–H groups in total. The number of rotatable bonds is 6. The zero-order valence-electron chi connectivity index (χ0n) is 14.8. The predicted molar refractivity (Wildman–Crippen MR) is 90.3 cm³/mol. The summed E-state index contributed by atoms with van der Waals surface area (Å²) < 4.78 is 30.2. The van der Waals surface area contributed by atoms with Crippen molar-refractivity contribution in [2.75, 3.05) is 0 Å². The van der Waals surface area contributed by atoms with Gasteiger partial charge in [0.15, 0.2) is 0 Å². The molecule has 0 bridgehead atoms. The van der Waals surface area contributed by atoms with Gasteiger partial charge in [0.25, 0.3) is 0 Å². The highest BCUT2D eigenvalue weighted by Crippen LogP contribution is 2.55. The Balaban J connectivity index is 3.11. The molecule has 0 fully saturated rings. The van der Waals surface area contributed by atoms with Gasteiger partial charge in [-0.15, -0.1) is 0 Å². The van der Waals surface area contributed by atoms with Crippen molar-refractivity contribution in [1.29, 1.82) is 0 Å². The molecule has 0 saturated carbocycles. The normalized spacial score (nSPS) is 13.2. The van der Waals surface area contributed by atoms with Crippen LogP contribution in [-0.4, -0.2) is 11.2 Å². The van der Waals surface area contributed by atoms with Crippen LogP contribution in [0.4, 0.5) is 0 Å². The summed E-state index contributed by atoms with van der Waals surface area (Å²) in [4.78, 5) is 0. The zero-order valence-corrected chi connectivity index (χ0v) is 15.7. The Bertz CT molecular complexity index is 506. The zero-order chi connectivity index (χ0) is 17.0. The van der Waals surface area contributed by atoms with E-state index in [9.17, 15) is 4.57 Å². The fourth-order valence-corrected chi connectivity index (χ4v) is 3.79. The second-order valence-corrected chi connectivity index (χ2v) is 8.75. The van der Waals surface area contributed by atoms with Gasteiger partial charge in [-0.05, 0) is 59.6 Å². The van der Waals surface area contributed by atoms with E-state index >= 15 is 0 Å². The van der Waals surface area contributed by atoms with Crippen molar-refractivity contribution in [3.05, 3.63) is 29.8 Å². The summed E-state index contributed by atoms with van der Waals surface area (Å²) in [7, 11) is -3.73. The minimum atomic E-state index is -3.73. The molecule has 1 aromatic rings. The standard InChI is InChI=1S/C17H29O4P/c1-8-11-14-12-9-10-13-15(14)19-22(18,20-16(2,3)4)21-17(5,6)7/h9-10,12-13H,8,11H2,1-7H3. The summed E-state index contributed by atoms with van der Waals surface area (Å²) in [5.74, 6) is 0.557. The van der Waals surface area contributed by atoms with Gasteiger partial charge in [0.1, 0.15) is 5.75 Å². The summed E-state index contributed by atoms with van der Waals surface area (Å²) >= 11 is 0. The number of hydrogen-bond donors (Lipinski definition) is 0. The van der Waals surface area contributed by atoms with Crippen molar-refractivity contribution in [3.63, 3.8) is 0 Å². The molecule has 0 atom stereocenters. The Morgan fingerprint density at radius 2 is 1.45 bits per heavy atom. The highest BCUT2D eigenvalue weighted by molar-refractivity contribution is 7.49. The van der Waals surface area contributed by atoms with Gasteiger partial charge in [0.2, 0.25) is 0 Å². The van der Waals surface area contributed by atoms with Crippen LogP contribution in [0.25, 0.3) is 0 Å². The molecule has 22 heavy (non-hydrogen) atoms. The Morgan fingerprint density at radius 1 is 0.955 bits per heavy atom. The fourth-order valence-electron chi connectivity index (χ4n) is 1.92. The molecule has 5 heteroatoms. The highest BCUT2D eigenvalue weighted by atomic mass is 31.2. The van der Waals surface area contributed by atoms with Crippen LogP contribution >= 0.6 is 7.82 Å². The van der Waals surface area contributed by atoms with E-state index in [1.165, 1.54) is 0 Å². The molecule has 4 nitrogen and oxygen atoms in total. The van der Waals surface area contributed by atoms with E-state index in [-0.39, 0.29) is 0 Å². The first-order chi connectivity index (χ1) is 9.94. The van der Waals surface area contributed by atoms with E-state index in [2.05, 4.69) is 6.92 Å². The van der Waals surface area contributed by atoms with Gasteiger partial charge < -0.3 is 4.52 Å². The molecule has 0 spiro atoms. The number of benzene rings is 1. The quantitative estimate of drug-likeness (QED) is 0.623. The lowest BCUT2D eigenvalue weighted by molar-refractivity contribution is 0.0223. The fraction of sp³-hybridized carbons (Fsp3) is 0.647. The maximum atomic E-state index is 13.1. The van der Waals surface area contributed by atoms with Crippen LogP contribution in [0.3, 0.4) is 0 Å². The second-order valence-electron chi connectivity index (χ2n) is 7.30. The molecule has 126 valence electrons. The minimum Gasteiger partial charge on any atom is -0.404 e. The lowest BCUT2D eigenvalue weighted by Crippen LogP contribution is -2.25. The SMILES string of the molecule is CCCc1ccccc1OP(=O)(OC(C)(C)C)OC(C)(C)C. The lowest BCUT2D eigenvalue weighted by atomic mass is 10.1. The maximum Gasteiger partial charge on any atom is 0.531 e. The molecule has 0 aliphatic rings. The number of hydrogen-bond acceptors (Lipinski definition) is 4. The molecule has 0 heterocycles. The molecule has 0 aromatic heterocycles. The minimum absolute atomic E-state index is 0.557. The van der Waals surface area contributed by atoms with Crippen molar-refractivity contribution in [2.24, 2.45) is 0 Å². The monoisotopic (exact) mass is 328 g/mol. The van der Waals surface area contributed by atoms with E-state index in [0.29, 0.717) is 5.75 Å². The summed E-state index contributed by atoms with van der Waals surface area (Å²) in [5.41, 5.74) is -0.277. The largest absolute Gasteiger partial charge is 0.531 e. The summed E-state index contributed by atoms with van der Waals surface area (Å²) in [6, 6.07) is 7.57. The molecular formula is C17H29O4P. The summed E-state index contributed by atoms with van der Waals surface area (Å²) in [6.45, 7) is 13.0. The maximum absolute atomic E-state index is 13.1. The van der Waals surface area contributed by atoms with Gasteiger partial charge in [0, 0.05) is 0 Å². The van der Waals surface area contributed by atoms with Gasteiger partial charge in [-0.2, -0.15) is 0 Å². The molecule has 1 aromatic carbocycles. The van der Waals surface area contributed by atoms with Gasteiger partial charge in [-0.25, -0.2) is 4.57 Å². The van der Waals surface area contributed by atoms with Crippen molar-refractivity contribution in [3.8, 4) is 5.75 Å². The van der Waals surface area contributed by atoms with Crippen LogP contribution in [0, 0.1) is 0 Å². The molecule has 0 radical (unpaired) electrons. The van der Waals surface area contributed by atoms with Crippen LogP contribution in [0.5, 0.6) is 5.75 Å². The van der Waals surface area contributed by atoms with Crippen molar-refractivity contribution in [1.82, 2.24) is 0 Å². The first-order valence-corrected chi connectivity index (χ1v) is 9.19. The Labute approximate surface area is 134 Å². The number of phosphoric acid groups is 1. The highest BCUT2D eigenvalue weighted by Gasteiger charge is 2.39. The predicted octanol–water partition coefficient (Wildman–Crippen LogP) is 5.76. The summed E-state index contributed by atoms with van der Waals surface area (Å²) in [5, 5.41) is 0. The first-order valence-electron chi connectivity index (χ1n) is 7.73. The average Bonchev–Trinajstić information content (AvgIpc) is 2.26. The molecule has 0 aliphatic carbocycles. The van der Waals surface area contributed by atoms with E-state index in [1.54, 1.807) is 6.07 Å². The Morgan fingerprint density at radius 3 is 1.91 bits per heavy atom. The van der Waals surface area contributed by atoms with Crippen LogP contribution < -0.4 is 4.52 Å². The van der Waals surface area contributed by atoms with Gasteiger partial charge in [0.05, 0.1) is 11.2 Å². The average molecular weight is 328 g/mol. The Kier molecular flexibility index (Phi) is 6.26. The topological polar surface area (TPSA) is 44.8 Å². The van der Waals surface area contributed by atoms with Gasteiger partial charge >= 0.3 is 7.82 Å². The van der Waals surface area contributed by atoms with Crippen LogP contribution in [0.1, 0.15) is 60.5 Å². The summed E-state index contributed by atoms with van der Waals surface area (Å²) in [6.07, 6.45) is 1.83. The molecular weight excluding hydrogens is 299 g/mol. The van der Waals surface area contributed by atoms with Gasteiger partial charge in [-0.3, -0.25) is 9.05 Å². The lowest BCUT2D eigenvalue weighted by Gasteiger charge is -2.31. The van der Waals surface area contributed by atoms with E-state index in [4.69, 9.17) is 13.6 Å². The molecule has 0 unspecified atom stereocenters. The molecule has 1 rings (SSSR count). The van der Waals surface area contributed by atoms with Crippen molar-refractivity contribution < 1.29 is 18.1 Å². The first kappa shape index (κ1) is 19.2. The third kappa shape index (κ3) is 6.95. The van der Waals surface area contributed by atoms with Gasteiger partial charge in [-0.1, -0.05) is 31.5 Å². The van der Waals surface area contributed by atoms with E-state index in [0.717, 1.165) is 18.4 Å². The molecule has 0 aliphatic heterocycles. The van der Waals surface area contributed by atoms with Crippen LogP contribution in [0.15, 0.2) is 24.3 Å². The number of para-hydroxylation sites is 1. The third-order valence-corrected chi connectivity index (χ3v) is 4.44. The third-order valence-electron chi connectivity index (χ3n) is 2.47. The van der Waals surface area contributed by atoms with Crippen LogP contribution in [0.2, 0.25) is 0 Å². The number of aryl methyl sites for hydroxylation is 1. The molecule has 0 amide bonds. The molecule has 0 saturated heterocycles. The van der Waals surface area contributed by atoms with Crippen molar-refractivity contribution >= 4 is 7.82 Å². The van der Waals surface area contributed by atoms with Crippen molar-refractivity contribution in [2.45, 2.75) is 72.5 Å². The Hall–Kier alpha value is -0.830. The van der Waals surface area contributed by atoms with E-state index < -0.39 is 19.0 Å². The second kappa shape index (κ2) is 7.16. The smallest absolute Gasteiger partial charge is 0.404 e. The number of phosphoric ester groups is 1. The van der Waals surface area contributed by atoms with Crippen LogP contribution in [-0.2, 0) is 20.0 Å².